The van der Waals surface area contributed by atoms with Crippen LogP contribution in [0.5, 0.6) is 0 Å². The monoisotopic (exact) mass is 340 g/mol. The molecular formula is C20H21FN2O2. The molecular weight excluding hydrogens is 319 g/mol. The highest BCUT2D eigenvalue weighted by atomic mass is 19.1. The smallest absolute Gasteiger partial charge is 0.227 e. The van der Waals surface area contributed by atoms with Crippen molar-refractivity contribution in [3.63, 3.8) is 0 Å². The van der Waals surface area contributed by atoms with Crippen LogP contribution in [0.25, 0.3) is 22.6 Å². The number of hydrogen-bond donors (Lipinski definition) is 0. The summed E-state index contributed by atoms with van der Waals surface area (Å²) >= 11 is 0. The zero-order chi connectivity index (χ0) is 17.4. The SMILES string of the molecule is C[C@@H]1CN(Cc2ccc3oc(-c4cccc(F)c4)nc3c2)C[C@H](C)O1. The lowest BCUT2D eigenvalue weighted by molar-refractivity contribution is -0.0704. The molecule has 1 aliphatic rings. The van der Waals surface area contributed by atoms with E-state index < -0.39 is 0 Å². The first kappa shape index (κ1) is 16.2. The van der Waals surface area contributed by atoms with Gasteiger partial charge in [-0.05, 0) is 49.7 Å². The van der Waals surface area contributed by atoms with Crippen LogP contribution in [0.3, 0.4) is 0 Å². The minimum atomic E-state index is -0.295. The second-order valence-corrected chi connectivity index (χ2v) is 6.78. The number of ether oxygens (including phenoxy) is 1. The number of oxazole rings is 1. The minimum absolute atomic E-state index is 0.249. The minimum Gasteiger partial charge on any atom is -0.436 e. The zero-order valence-corrected chi connectivity index (χ0v) is 14.4. The largest absolute Gasteiger partial charge is 0.436 e. The van der Waals surface area contributed by atoms with Gasteiger partial charge in [0, 0.05) is 25.2 Å². The van der Waals surface area contributed by atoms with Gasteiger partial charge in [0.1, 0.15) is 11.3 Å². The predicted molar refractivity (Wildman–Crippen MR) is 94.7 cm³/mol. The van der Waals surface area contributed by atoms with Crippen molar-refractivity contribution in [3.05, 3.63) is 53.8 Å². The van der Waals surface area contributed by atoms with Gasteiger partial charge in [0.15, 0.2) is 5.58 Å². The van der Waals surface area contributed by atoms with E-state index >= 15 is 0 Å². The first-order valence-corrected chi connectivity index (χ1v) is 8.60. The molecule has 4 rings (SSSR count). The fraction of sp³-hybridized carbons (Fsp3) is 0.350. The molecule has 1 fully saturated rings. The summed E-state index contributed by atoms with van der Waals surface area (Å²) in [6.45, 7) is 6.92. The summed E-state index contributed by atoms with van der Waals surface area (Å²) < 4.78 is 25.0. The second-order valence-electron chi connectivity index (χ2n) is 6.78. The van der Waals surface area contributed by atoms with Crippen LogP contribution in [0.15, 0.2) is 46.9 Å². The highest BCUT2D eigenvalue weighted by Gasteiger charge is 2.22. The highest BCUT2D eigenvalue weighted by Crippen LogP contribution is 2.26. The molecule has 0 unspecified atom stereocenters. The van der Waals surface area contributed by atoms with Gasteiger partial charge in [0.05, 0.1) is 12.2 Å². The Bertz CT molecular complexity index is 882. The summed E-state index contributed by atoms with van der Waals surface area (Å²) in [6, 6.07) is 12.3. The molecule has 0 N–H and O–H groups in total. The van der Waals surface area contributed by atoms with E-state index in [0.29, 0.717) is 17.0 Å². The van der Waals surface area contributed by atoms with Gasteiger partial charge in [-0.25, -0.2) is 9.37 Å². The molecule has 1 saturated heterocycles. The molecule has 0 spiro atoms. The molecule has 1 aromatic heterocycles. The van der Waals surface area contributed by atoms with E-state index in [-0.39, 0.29) is 18.0 Å². The summed E-state index contributed by atoms with van der Waals surface area (Å²) in [4.78, 5) is 6.93. The van der Waals surface area contributed by atoms with Gasteiger partial charge in [-0.2, -0.15) is 0 Å². The molecule has 1 aliphatic heterocycles. The number of aromatic nitrogens is 1. The normalized spacial score (nSPS) is 21.7. The molecule has 3 aromatic rings. The summed E-state index contributed by atoms with van der Waals surface area (Å²) in [6.07, 6.45) is 0.498. The number of morpholine rings is 1. The van der Waals surface area contributed by atoms with Crippen molar-refractivity contribution >= 4 is 11.1 Å². The van der Waals surface area contributed by atoms with Crippen LogP contribution in [0.2, 0.25) is 0 Å². The molecule has 0 saturated carbocycles. The van der Waals surface area contributed by atoms with Crippen LogP contribution < -0.4 is 0 Å². The van der Waals surface area contributed by atoms with Crippen molar-refractivity contribution in [1.29, 1.82) is 0 Å². The topological polar surface area (TPSA) is 38.5 Å². The van der Waals surface area contributed by atoms with Crippen molar-refractivity contribution < 1.29 is 13.5 Å². The molecule has 2 aromatic carbocycles. The highest BCUT2D eigenvalue weighted by molar-refractivity contribution is 5.76. The number of nitrogens with zero attached hydrogens (tertiary/aromatic N) is 2. The van der Waals surface area contributed by atoms with E-state index in [2.05, 4.69) is 29.8 Å². The third-order valence-corrected chi connectivity index (χ3v) is 4.42. The van der Waals surface area contributed by atoms with Gasteiger partial charge in [-0.15, -0.1) is 0 Å². The van der Waals surface area contributed by atoms with Crippen molar-refractivity contribution in [2.24, 2.45) is 0 Å². The maximum absolute atomic E-state index is 13.4. The number of halogens is 1. The van der Waals surface area contributed by atoms with Gasteiger partial charge >= 0.3 is 0 Å². The Morgan fingerprint density at radius 1 is 1.12 bits per heavy atom. The van der Waals surface area contributed by atoms with E-state index in [1.54, 1.807) is 12.1 Å². The summed E-state index contributed by atoms with van der Waals surface area (Å²) in [5.41, 5.74) is 3.35. The first-order valence-electron chi connectivity index (χ1n) is 8.60. The average Bonchev–Trinajstić information content (AvgIpc) is 2.97. The van der Waals surface area contributed by atoms with Crippen LogP contribution in [-0.4, -0.2) is 35.2 Å². The van der Waals surface area contributed by atoms with Crippen LogP contribution in [0.1, 0.15) is 19.4 Å². The summed E-state index contributed by atoms with van der Waals surface area (Å²) in [5, 5.41) is 0. The maximum atomic E-state index is 13.4. The standard InChI is InChI=1S/C20H21FN2O2/c1-13-10-23(11-14(2)24-13)12-15-6-7-19-18(8-15)22-20(25-19)16-4-3-5-17(21)9-16/h3-9,13-14H,10-12H2,1-2H3/t13-,14+. The van der Waals surface area contributed by atoms with Gasteiger partial charge in [0.2, 0.25) is 5.89 Å². The van der Waals surface area contributed by atoms with Crippen molar-refractivity contribution in [3.8, 4) is 11.5 Å². The quantitative estimate of drug-likeness (QED) is 0.715. The van der Waals surface area contributed by atoms with E-state index in [1.807, 2.05) is 12.1 Å². The van der Waals surface area contributed by atoms with Crippen molar-refractivity contribution in [2.75, 3.05) is 13.1 Å². The number of benzene rings is 2. The van der Waals surface area contributed by atoms with E-state index in [0.717, 1.165) is 25.2 Å². The van der Waals surface area contributed by atoms with Gasteiger partial charge in [-0.3, -0.25) is 4.90 Å². The van der Waals surface area contributed by atoms with Gasteiger partial charge in [0.25, 0.3) is 0 Å². The average molecular weight is 340 g/mol. The molecule has 2 heterocycles. The Kier molecular flexibility index (Phi) is 4.27. The number of hydrogen-bond acceptors (Lipinski definition) is 4. The van der Waals surface area contributed by atoms with Crippen LogP contribution >= 0.6 is 0 Å². The predicted octanol–water partition coefficient (Wildman–Crippen LogP) is 4.24. The molecule has 25 heavy (non-hydrogen) atoms. The lowest BCUT2D eigenvalue weighted by Gasteiger charge is -2.35. The van der Waals surface area contributed by atoms with Crippen molar-refractivity contribution in [1.82, 2.24) is 9.88 Å². The molecule has 0 radical (unpaired) electrons. The molecule has 130 valence electrons. The fourth-order valence-corrected chi connectivity index (χ4v) is 3.49. The van der Waals surface area contributed by atoms with Gasteiger partial charge in [-0.1, -0.05) is 12.1 Å². The third kappa shape index (κ3) is 3.57. The van der Waals surface area contributed by atoms with Gasteiger partial charge < -0.3 is 9.15 Å². The Morgan fingerprint density at radius 3 is 2.68 bits per heavy atom. The third-order valence-electron chi connectivity index (χ3n) is 4.42. The zero-order valence-electron chi connectivity index (χ0n) is 14.4. The Balaban J connectivity index is 1.58. The van der Waals surface area contributed by atoms with Crippen LogP contribution in [0.4, 0.5) is 4.39 Å². The van der Waals surface area contributed by atoms with E-state index in [1.165, 1.54) is 17.7 Å². The molecule has 4 nitrogen and oxygen atoms in total. The Morgan fingerprint density at radius 2 is 1.92 bits per heavy atom. The maximum Gasteiger partial charge on any atom is 0.227 e. The lowest BCUT2D eigenvalue weighted by atomic mass is 10.1. The van der Waals surface area contributed by atoms with Crippen LogP contribution in [0, 0.1) is 5.82 Å². The first-order chi connectivity index (χ1) is 12.1. The molecule has 2 atom stereocenters. The van der Waals surface area contributed by atoms with Crippen LogP contribution in [-0.2, 0) is 11.3 Å². The molecule has 0 amide bonds. The molecule has 0 aliphatic carbocycles. The summed E-state index contributed by atoms with van der Waals surface area (Å²) in [7, 11) is 0. The Hall–Kier alpha value is -2.24. The second kappa shape index (κ2) is 6.58. The lowest BCUT2D eigenvalue weighted by Crippen LogP contribution is -2.44. The fourth-order valence-electron chi connectivity index (χ4n) is 3.49. The van der Waals surface area contributed by atoms with E-state index in [9.17, 15) is 4.39 Å². The number of rotatable bonds is 3. The molecule has 0 bridgehead atoms. The number of fused-ring (bicyclic) bond motifs is 1. The summed E-state index contributed by atoms with van der Waals surface area (Å²) in [5.74, 6) is 0.149. The molecule has 5 heteroatoms. The van der Waals surface area contributed by atoms with E-state index in [4.69, 9.17) is 9.15 Å². The van der Waals surface area contributed by atoms with Crippen molar-refractivity contribution in [2.45, 2.75) is 32.6 Å². The Labute approximate surface area is 146 Å².